The van der Waals surface area contributed by atoms with Crippen LogP contribution in [0, 0.1) is 6.92 Å². The Hall–Kier alpha value is -3.78. The maximum absolute atomic E-state index is 12.6. The number of carbonyl (C=O) groups excluding carboxylic acids is 1. The minimum atomic E-state index is -0.309. The van der Waals surface area contributed by atoms with E-state index in [-0.39, 0.29) is 11.0 Å². The molecule has 35 heavy (non-hydrogen) atoms. The van der Waals surface area contributed by atoms with Crippen molar-refractivity contribution < 1.29 is 9.53 Å². The lowest BCUT2D eigenvalue weighted by molar-refractivity contribution is 0.0977. The Morgan fingerprint density at radius 3 is 2.49 bits per heavy atom. The molecule has 1 amide bonds. The van der Waals surface area contributed by atoms with Gasteiger partial charge >= 0.3 is 0 Å². The highest BCUT2D eigenvalue weighted by Crippen LogP contribution is 2.22. The first-order chi connectivity index (χ1) is 17.0. The van der Waals surface area contributed by atoms with Crippen molar-refractivity contribution in [2.75, 3.05) is 11.9 Å². The fourth-order valence-electron chi connectivity index (χ4n) is 3.72. The Balaban J connectivity index is 1.47. The third kappa shape index (κ3) is 6.02. The van der Waals surface area contributed by atoms with Gasteiger partial charge in [-0.15, -0.1) is 10.2 Å². The van der Waals surface area contributed by atoms with Gasteiger partial charge in [-0.2, -0.15) is 4.80 Å². The van der Waals surface area contributed by atoms with E-state index >= 15 is 0 Å². The number of hydrogen-bond acceptors (Lipinski definition) is 5. The van der Waals surface area contributed by atoms with Crippen LogP contribution in [-0.4, -0.2) is 32.6 Å². The van der Waals surface area contributed by atoms with E-state index < -0.39 is 0 Å². The number of anilines is 1. The number of fused-ring (bicyclic) bond motifs is 1. The molecule has 0 saturated heterocycles. The van der Waals surface area contributed by atoms with E-state index in [9.17, 15) is 4.79 Å². The fourth-order valence-corrected chi connectivity index (χ4v) is 3.92. The molecule has 0 spiro atoms. The van der Waals surface area contributed by atoms with Crippen molar-refractivity contribution in [2.45, 2.75) is 40.0 Å². The van der Waals surface area contributed by atoms with Gasteiger partial charge in [0.1, 0.15) is 16.8 Å². The molecular weight excluding hydrogens is 458 g/mol. The average Bonchev–Trinajstić information content (AvgIpc) is 3.26. The van der Waals surface area contributed by atoms with Crippen molar-refractivity contribution in [1.82, 2.24) is 20.3 Å². The van der Waals surface area contributed by atoms with Gasteiger partial charge in [0.2, 0.25) is 0 Å². The number of hydrogen-bond donors (Lipinski definition) is 2. The van der Waals surface area contributed by atoms with E-state index in [2.05, 4.69) is 39.9 Å². The number of benzene rings is 3. The van der Waals surface area contributed by atoms with Crippen LogP contribution in [-0.2, 0) is 6.42 Å². The van der Waals surface area contributed by atoms with Crippen LogP contribution < -0.4 is 15.4 Å². The van der Waals surface area contributed by atoms with Crippen LogP contribution in [0.4, 0.5) is 5.69 Å². The third-order valence-electron chi connectivity index (χ3n) is 5.60. The molecule has 0 radical (unpaired) electrons. The maximum atomic E-state index is 12.6. The lowest BCUT2D eigenvalue weighted by Crippen LogP contribution is -2.34. The number of nitrogens with zero attached hydrogens (tertiary/aromatic N) is 3. The van der Waals surface area contributed by atoms with Crippen LogP contribution in [0.25, 0.3) is 16.7 Å². The number of carbonyl (C=O) groups is 1. The monoisotopic (exact) mass is 487 g/mol. The predicted molar refractivity (Wildman–Crippen MR) is 144 cm³/mol. The van der Waals surface area contributed by atoms with Gasteiger partial charge in [0.15, 0.2) is 5.11 Å². The summed E-state index contributed by atoms with van der Waals surface area (Å²) in [6.07, 6.45) is 3.44. The molecule has 0 bridgehead atoms. The Morgan fingerprint density at radius 1 is 1.03 bits per heavy atom. The highest BCUT2D eigenvalue weighted by atomic mass is 32.1. The summed E-state index contributed by atoms with van der Waals surface area (Å²) in [6.45, 7) is 6.58. The second kappa shape index (κ2) is 11.1. The van der Waals surface area contributed by atoms with Crippen molar-refractivity contribution in [3.05, 3.63) is 77.4 Å². The number of unbranched alkanes of at least 4 members (excludes halogenated alkanes) is 1. The third-order valence-corrected chi connectivity index (χ3v) is 5.80. The number of ether oxygens (including phenoxy) is 1. The summed E-state index contributed by atoms with van der Waals surface area (Å²) in [5.74, 6) is 0.329. The summed E-state index contributed by atoms with van der Waals surface area (Å²) >= 11 is 5.39. The molecule has 3 aromatic carbocycles. The first kappa shape index (κ1) is 24.3. The standard InChI is InChI=1S/C27H29N5O2S/c1-4-6-8-19-11-13-21(14-12-19)32-30-24-15-18(3)23(17-25(24)31-32)28-27(35)29-26(33)20-9-7-10-22(16-20)34-5-2/h7,9-17H,4-6,8H2,1-3H3,(H2,28,29,33,35). The maximum Gasteiger partial charge on any atom is 0.257 e. The number of rotatable bonds is 8. The summed E-state index contributed by atoms with van der Waals surface area (Å²) in [5.41, 5.74) is 5.90. The summed E-state index contributed by atoms with van der Waals surface area (Å²) < 4.78 is 5.47. The van der Waals surface area contributed by atoms with E-state index in [1.165, 1.54) is 18.4 Å². The van der Waals surface area contributed by atoms with Crippen molar-refractivity contribution in [3.63, 3.8) is 0 Å². The molecule has 0 unspecified atom stereocenters. The van der Waals surface area contributed by atoms with Gasteiger partial charge in [0.05, 0.1) is 12.3 Å². The predicted octanol–water partition coefficient (Wildman–Crippen LogP) is 5.60. The fraction of sp³-hybridized carbons (Fsp3) is 0.259. The highest BCUT2D eigenvalue weighted by molar-refractivity contribution is 7.80. The molecule has 0 aliphatic rings. The van der Waals surface area contributed by atoms with Crippen LogP contribution in [0.1, 0.15) is 48.2 Å². The van der Waals surface area contributed by atoms with Crippen LogP contribution >= 0.6 is 12.2 Å². The summed E-state index contributed by atoms with van der Waals surface area (Å²) in [5, 5.41) is 15.3. The number of amides is 1. The first-order valence-corrected chi connectivity index (χ1v) is 12.2. The van der Waals surface area contributed by atoms with E-state index in [0.29, 0.717) is 17.9 Å². The zero-order valence-corrected chi connectivity index (χ0v) is 21.0. The largest absolute Gasteiger partial charge is 0.494 e. The molecule has 0 aliphatic heterocycles. The second-order valence-electron chi connectivity index (χ2n) is 8.28. The normalized spacial score (nSPS) is 10.8. The Labute approximate surface area is 210 Å². The van der Waals surface area contributed by atoms with Gasteiger partial charge in [-0.05, 0) is 92.5 Å². The molecule has 8 heteroatoms. The number of thiocarbonyl (C=S) groups is 1. The van der Waals surface area contributed by atoms with Gasteiger partial charge in [-0.1, -0.05) is 31.5 Å². The van der Waals surface area contributed by atoms with Crippen molar-refractivity contribution in [3.8, 4) is 11.4 Å². The zero-order chi connectivity index (χ0) is 24.8. The minimum absolute atomic E-state index is 0.203. The quantitative estimate of drug-likeness (QED) is 0.315. The van der Waals surface area contributed by atoms with E-state index in [0.717, 1.165) is 34.4 Å². The molecule has 180 valence electrons. The van der Waals surface area contributed by atoms with Crippen molar-refractivity contribution in [1.29, 1.82) is 0 Å². The van der Waals surface area contributed by atoms with Crippen molar-refractivity contribution >= 4 is 40.0 Å². The SMILES string of the molecule is CCCCc1ccc(-n2nc3cc(C)c(NC(=S)NC(=O)c4cccc(OCC)c4)cc3n2)cc1. The second-order valence-corrected chi connectivity index (χ2v) is 8.69. The zero-order valence-electron chi connectivity index (χ0n) is 20.2. The smallest absolute Gasteiger partial charge is 0.257 e. The average molecular weight is 488 g/mol. The van der Waals surface area contributed by atoms with Gasteiger partial charge < -0.3 is 10.1 Å². The molecule has 4 aromatic rings. The number of nitrogens with one attached hydrogen (secondary N) is 2. The lowest BCUT2D eigenvalue weighted by Gasteiger charge is -2.12. The van der Waals surface area contributed by atoms with Crippen LogP contribution in [0.5, 0.6) is 5.75 Å². The lowest BCUT2D eigenvalue weighted by atomic mass is 10.1. The molecule has 0 aliphatic carbocycles. The summed E-state index contributed by atoms with van der Waals surface area (Å²) in [7, 11) is 0. The molecule has 0 atom stereocenters. The number of aromatic nitrogens is 3. The van der Waals surface area contributed by atoms with Gasteiger partial charge in [0, 0.05) is 11.3 Å². The van der Waals surface area contributed by atoms with Gasteiger partial charge in [-0.25, -0.2) is 0 Å². The van der Waals surface area contributed by atoms with Crippen molar-refractivity contribution in [2.24, 2.45) is 0 Å². The van der Waals surface area contributed by atoms with E-state index in [1.807, 2.05) is 44.2 Å². The molecule has 2 N–H and O–H groups in total. The van der Waals surface area contributed by atoms with E-state index in [1.54, 1.807) is 23.0 Å². The van der Waals surface area contributed by atoms with Crippen LogP contribution in [0.2, 0.25) is 0 Å². The Morgan fingerprint density at radius 2 is 1.77 bits per heavy atom. The summed E-state index contributed by atoms with van der Waals surface area (Å²) in [4.78, 5) is 14.3. The molecule has 4 rings (SSSR count). The van der Waals surface area contributed by atoms with E-state index in [4.69, 9.17) is 17.0 Å². The van der Waals surface area contributed by atoms with Gasteiger partial charge in [0.25, 0.3) is 5.91 Å². The van der Waals surface area contributed by atoms with Gasteiger partial charge in [-0.3, -0.25) is 10.1 Å². The molecule has 7 nitrogen and oxygen atoms in total. The Bertz CT molecular complexity index is 1350. The van der Waals surface area contributed by atoms with Crippen LogP contribution in [0.15, 0.2) is 60.7 Å². The Kier molecular flexibility index (Phi) is 7.72. The molecule has 0 saturated carbocycles. The highest BCUT2D eigenvalue weighted by Gasteiger charge is 2.12. The molecule has 1 heterocycles. The molecule has 0 fully saturated rings. The molecule has 1 aromatic heterocycles. The topological polar surface area (TPSA) is 81.1 Å². The van der Waals surface area contributed by atoms with Crippen LogP contribution in [0.3, 0.4) is 0 Å². The minimum Gasteiger partial charge on any atom is -0.494 e. The first-order valence-electron chi connectivity index (χ1n) is 11.8. The molecular formula is C27H29N5O2S. The number of aryl methyl sites for hydroxylation is 2. The summed E-state index contributed by atoms with van der Waals surface area (Å²) in [6, 6.07) is 19.2.